The van der Waals surface area contributed by atoms with E-state index in [1.54, 1.807) is 25.1 Å². The van der Waals surface area contributed by atoms with Crippen LogP contribution in [0.25, 0.3) is 0 Å². The van der Waals surface area contributed by atoms with Crippen LogP contribution in [0.2, 0.25) is 0 Å². The first-order chi connectivity index (χ1) is 13.3. The second-order valence-corrected chi connectivity index (χ2v) is 9.87. The molecule has 1 fully saturated rings. The van der Waals surface area contributed by atoms with Crippen LogP contribution in [-0.4, -0.2) is 37.8 Å². The van der Waals surface area contributed by atoms with Crippen molar-refractivity contribution in [2.75, 3.05) is 16.8 Å². The zero-order valence-electron chi connectivity index (χ0n) is 16.9. The molecule has 0 unspecified atom stereocenters. The van der Waals surface area contributed by atoms with E-state index in [0.29, 0.717) is 17.7 Å². The summed E-state index contributed by atoms with van der Waals surface area (Å²) in [5.41, 5.74) is 1.81. The van der Waals surface area contributed by atoms with Gasteiger partial charge in [-0.25, -0.2) is 8.42 Å². The third kappa shape index (κ3) is 7.26. The minimum atomic E-state index is -3.40. The van der Waals surface area contributed by atoms with Gasteiger partial charge in [-0.05, 0) is 49.9 Å². The topological polar surface area (TPSA) is 92.3 Å². The second-order valence-electron chi connectivity index (χ2n) is 7.69. The van der Waals surface area contributed by atoms with Gasteiger partial charge in [0, 0.05) is 17.3 Å². The molecule has 0 saturated heterocycles. The smallest absolute Gasteiger partial charge is 0.251 e. The summed E-state index contributed by atoms with van der Waals surface area (Å²) in [5, 5.41) is 5.73. The van der Waals surface area contributed by atoms with Gasteiger partial charge in [0.1, 0.15) is 5.75 Å². The quantitative estimate of drug-likeness (QED) is 0.611. The first-order valence-electron chi connectivity index (χ1n) is 10.2. The van der Waals surface area contributed by atoms with Crippen LogP contribution in [0, 0.1) is 6.92 Å². The number of rotatable bonds is 9. The van der Waals surface area contributed by atoms with Crippen molar-refractivity contribution in [2.45, 2.75) is 71.3 Å². The van der Waals surface area contributed by atoms with Gasteiger partial charge < -0.3 is 10.6 Å². The number of hydrogen-bond donors (Lipinski definition) is 2. The van der Waals surface area contributed by atoms with Gasteiger partial charge in [0.15, 0.2) is 9.84 Å². The lowest BCUT2D eigenvalue weighted by atomic mass is 9.95. The Morgan fingerprint density at radius 1 is 1.11 bits per heavy atom. The highest BCUT2D eigenvalue weighted by Gasteiger charge is 2.19. The van der Waals surface area contributed by atoms with Gasteiger partial charge >= 0.3 is 0 Å². The average molecular weight is 409 g/mol. The van der Waals surface area contributed by atoms with Gasteiger partial charge in [-0.15, -0.1) is 0 Å². The minimum absolute atomic E-state index is 0.0352. The maximum atomic E-state index is 12.4. The van der Waals surface area contributed by atoms with E-state index in [1.165, 1.54) is 6.42 Å². The Bertz CT molecular complexity index is 784. The van der Waals surface area contributed by atoms with Crippen molar-refractivity contribution < 1.29 is 18.0 Å². The Labute approximate surface area is 168 Å². The van der Waals surface area contributed by atoms with Gasteiger partial charge in [-0.1, -0.05) is 39.0 Å². The van der Waals surface area contributed by atoms with Crippen LogP contribution in [0.4, 0.5) is 5.69 Å². The third-order valence-electron chi connectivity index (χ3n) is 5.11. The molecule has 0 aromatic heterocycles. The summed E-state index contributed by atoms with van der Waals surface area (Å²) in [6, 6.07) is 5.28. The fraction of sp³-hybridized carbons (Fsp3) is 0.619. The van der Waals surface area contributed by atoms with Gasteiger partial charge in [0.25, 0.3) is 5.91 Å². The lowest BCUT2D eigenvalue weighted by Crippen LogP contribution is -2.36. The molecule has 0 atom stereocenters. The van der Waals surface area contributed by atoms with Crippen molar-refractivity contribution in [2.24, 2.45) is 0 Å². The standard InChI is InChI=1S/C21H32N2O4S/c1-3-4-8-13-28(26,27)15-20(24)23-19-12-11-17(14-16(19)2)21(25)22-18-9-6-5-7-10-18/h11-12,14,18H,3-10,13,15H2,1-2H3,(H,22,25)(H,23,24). The van der Waals surface area contributed by atoms with Crippen molar-refractivity contribution in [3.63, 3.8) is 0 Å². The Kier molecular flexibility index (Phi) is 8.48. The Morgan fingerprint density at radius 2 is 1.82 bits per heavy atom. The van der Waals surface area contributed by atoms with E-state index >= 15 is 0 Å². The fourth-order valence-electron chi connectivity index (χ4n) is 3.49. The number of carbonyl (C=O) groups is 2. The molecule has 0 bridgehead atoms. The summed E-state index contributed by atoms with van der Waals surface area (Å²) in [6.07, 6.45) is 7.92. The van der Waals surface area contributed by atoms with E-state index in [4.69, 9.17) is 0 Å². The maximum absolute atomic E-state index is 12.4. The molecule has 1 aliphatic rings. The Hall–Kier alpha value is -1.89. The second kappa shape index (κ2) is 10.6. The van der Waals surface area contributed by atoms with Crippen molar-refractivity contribution in [1.29, 1.82) is 0 Å². The highest BCUT2D eigenvalue weighted by molar-refractivity contribution is 7.92. The number of hydrogen-bond acceptors (Lipinski definition) is 4. The van der Waals surface area contributed by atoms with Crippen LogP contribution in [0.1, 0.15) is 74.2 Å². The summed E-state index contributed by atoms with van der Waals surface area (Å²) < 4.78 is 24.0. The number of amides is 2. The van der Waals surface area contributed by atoms with E-state index in [-0.39, 0.29) is 17.7 Å². The van der Waals surface area contributed by atoms with Crippen LogP contribution in [0.5, 0.6) is 0 Å². The maximum Gasteiger partial charge on any atom is 0.251 e. The minimum Gasteiger partial charge on any atom is -0.349 e. The number of benzene rings is 1. The predicted molar refractivity (Wildman–Crippen MR) is 112 cm³/mol. The summed E-state index contributed by atoms with van der Waals surface area (Å²) in [7, 11) is -3.40. The molecular formula is C21H32N2O4S. The molecule has 1 aliphatic carbocycles. The van der Waals surface area contributed by atoms with Crippen LogP contribution in [0.15, 0.2) is 18.2 Å². The fourth-order valence-corrected chi connectivity index (χ4v) is 4.75. The molecule has 2 amide bonds. The molecule has 6 nitrogen and oxygen atoms in total. The normalized spacial score (nSPS) is 15.2. The number of unbranched alkanes of at least 4 members (excludes halogenated alkanes) is 2. The zero-order valence-corrected chi connectivity index (χ0v) is 17.7. The Balaban J connectivity index is 1.92. The van der Waals surface area contributed by atoms with Crippen molar-refractivity contribution >= 4 is 27.3 Å². The molecule has 0 heterocycles. The number of carbonyl (C=O) groups excluding carboxylic acids is 2. The zero-order chi connectivity index (χ0) is 20.6. The van der Waals surface area contributed by atoms with Crippen LogP contribution in [-0.2, 0) is 14.6 Å². The Morgan fingerprint density at radius 3 is 2.46 bits per heavy atom. The van der Waals surface area contributed by atoms with Crippen molar-refractivity contribution in [3.8, 4) is 0 Å². The van der Waals surface area contributed by atoms with Crippen molar-refractivity contribution in [1.82, 2.24) is 5.32 Å². The third-order valence-corrected chi connectivity index (χ3v) is 6.73. The lowest BCUT2D eigenvalue weighted by molar-refractivity contribution is -0.113. The number of anilines is 1. The molecule has 28 heavy (non-hydrogen) atoms. The molecule has 1 saturated carbocycles. The average Bonchev–Trinajstić information content (AvgIpc) is 2.63. The van der Waals surface area contributed by atoms with E-state index in [0.717, 1.165) is 44.1 Å². The molecule has 0 aliphatic heterocycles. The number of nitrogens with one attached hydrogen (secondary N) is 2. The molecule has 1 aromatic rings. The number of aryl methyl sites for hydroxylation is 1. The monoisotopic (exact) mass is 408 g/mol. The highest BCUT2D eigenvalue weighted by atomic mass is 32.2. The van der Waals surface area contributed by atoms with E-state index in [2.05, 4.69) is 10.6 Å². The molecule has 156 valence electrons. The van der Waals surface area contributed by atoms with Gasteiger partial charge in [0.2, 0.25) is 5.91 Å². The van der Waals surface area contributed by atoms with Crippen LogP contribution < -0.4 is 10.6 Å². The largest absolute Gasteiger partial charge is 0.349 e. The molecule has 0 spiro atoms. The first kappa shape index (κ1) is 22.4. The van der Waals surface area contributed by atoms with Gasteiger partial charge in [0.05, 0.1) is 5.75 Å². The first-order valence-corrected chi connectivity index (χ1v) is 12.0. The highest BCUT2D eigenvalue weighted by Crippen LogP contribution is 2.20. The van der Waals surface area contributed by atoms with Gasteiger partial charge in [-0.2, -0.15) is 0 Å². The van der Waals surface area contributed by atoms with Crippen LogP contribution in [0.3, 0.4) is 0 Å². The number of sulfone groups is 1. The van der Waals surface area contributed by atoms with Crippen LogP contribution >= 0.6 is 0 Å². The van der Waals surface area contributed by atoms with E-state index in [1.807, 2.05) is 6.92 Å². The lowest BCUT2D eigenvalue weighted by Gasteiger charge is -2.23. The molecule has 2 N–H and O–H groups in total. The van der Waals surface area contributed by atoms with E-state index in [9.17, 15) is 18.0 Å². The molecular weight excluding hydrogens is 376 g/mol. The summed E-state index contributed by atoms with van der Waals surface area (Å²) in [5.74, 6) is -1.13. The van der Waals surface area contributed by atoms with Crippen molar-refractivity contribution in [3.05, 3.63) is 29.3 Å². The summed E-state index contributed by atoms with van der Waals surface area (Å²) in [4.78, 5) is 24.6. The van der Waals surface area contributed by atoms with Gasteiger partial charge in [-0.3, -0.25) is 9.59 Å². The molecule has 7 heteroatoms. The summed E-state index contributed by atoms with van der Waals surface area (Å²) >= 11 is 0. The summed E-state index contributed by atoms with van der Waals surface area (Å²) in [6.45, 7) is 3.80. The molecule has 0 radical (unpaired) electrons. The predicted octanol–water partition coefficient (Wildman–Crippen LogP) is 3.60. The van der Waals surface area contributed by atoms with E-state index < -0.39 is 21.5 Å². The molecule has 1 aromatic carbocycles. The SMILES string of the molecule is CCCCCS(=O)(=O)CC(=O)Nc1ccc(C(=O)NC2CCCCC2)cc1C. The molecule has 2 rings (SSSR count).